The summed E-state index contributed by atoms with van der Waals surface area (Å²) in [6.45, 7) is 6.45. The van der Waals surface area contributed by atoms with E-state index in [0.717, 1.165) is 38.8 Å². The number of hydrogen-bond acceptors (Lipinski definition) is 3. The van der Waals surface area contributed by atoms with Crippen LogP contribution < -0.4 is 11.1 Å². The highest BCUT2D eigenvalue weighted by Crippen LogP contribution is 2.16. The molecule has 0 saturated carbocycles. The number of piperidine rings is 1. The van der Waals surface area contributed by atoms with Gasteiger partial charge in [0.25, 0.3) is 0 Å². The minimum atomic E-state index is 0.118. The number of thiocarbonyl (C=S) groups is 1. The maximum atomic E-state index is 11.9. The van der Waals surface area contributed by atoms with Crippen molar-refractivity contribution in [3.8, 4) is 0 Å². The Balaban J connectivity index is 2.37. The van der Waals surface area contributed by atoms with Gasteiger partial charge in [-0.05, 0) is 32.2 Å². The predicted molar refractivity (Wildman–Crippen MR) is 78.5 cm³/mol. The molecular weight excluding hydrogens is 246 g/mol. The average molecular weight is 271 g/mol. The fourth-order valence-corrected chi connectivity index (χ4v) is 2.59. The molecule has 1 aliphatic rings. The van der Waals surface area contributed by atoms with Gasteiger partial charge in [0.15, 0.2) is 0 Å². The van der Waals surface area contributed by atoms with Crippen LogP contribution in [0.5, 0.6) is 0 Å². The monoisotopic (exact) mass is 271 g/mol. The summed E-state index contributed by atoms with van der Waals surface area (Å²) in [5.74, 6) is 0.391. The SMILES string of the molecule is CCC(CC)NC(=O)CN1CCCC(C(N)=S)C1. The number of likely N-dealkylation sites (tertiary alicyclic amines) is 1. The van der Waals surface area contributed by atoms with Crippen LogP contribution in [-0.2, 0) is 4.79 Å². The molecule has 1 unspecified atom stereocenters. The van der Waals surface area contributed by atoms with Crippen LogP contribution in [0.4, 0.5) is 0 Å². The molecule has 1 amide bonds. The van der Waals surface area contributed by atoms with Crippen molar-refractivity contribution in [3.63, 3.8) is 0 Å². The van der Waals surface area contributed by atoms with Gasteiger partial charge in [-0.2, -0.15) is 0 Å². The van der Waals surface area contributed by atoms with Gasteiger partial charge in [-0.3, -0.25) is 9.69 Å². The van der Waals surface area contributed by atoms with Crippen molar-refractivity contribution in [3.05, 3.63) is 0 Å². The lowest BCUT2D eigenvalue weighted by molar-refractivity contribution is -0.123. The van der Waals surface area contributed by atoms with E-state index in [4.69, 9.17) is 18.0 Å². The number of nitrogens with one attached hydrogen (secondary N) is 1. The fraction of sp³-hybridized carbons (Fsp3) is 0.846. The molecule has 1 fully saturated rings. The number of hydrogen-bond donors (Lipinski definition) is 2. The minimum absolute atomic E-state index is 0.118. The number of nitrogens with zero attached hydrogens (tertiary/aromatic N) is 1. The van der Waals surface area contributed by atoms with E-state index in [1.807, 2.05) is 0 Å². The highest BCUT2D eigenvalue weighted by molar-refractivity contribution is 7.80. The topological polar surface area (TPSA) is 58.4 Å². The second-order valence-corrected chi connectivity index (χ2v) is 5.53. The van der Waals surface area contributed by atoms with Gasteiger partial charge < -0.3 is 11.1 Å². The summed E-state index contributed by atoms with van der Waals surface area (Å²) in [5, 5.41) is 3.06. The molecule has 0 aromatic heterocycles. The van der Waals surface area contributed by atoms with Gasteiger partial charge in [-0.15, -0.1) is 0 Å². The third-order valence-electron chi connectivity index (χ3n) is 3.63. The Bertz CT molecular complexity index is 292. The lowest BCUT2D eigenvalue weighted by Crippen LogP contribution is -2.46. The van der Waals surface area contributed by atoms with Crippen molar-refractivity contribution in [1.82, 2.24) is 10.2 Å². The molecule has 1 aliphatic heterocycles. The third-order valence-corrected chi connectivity index (χ3v) is 3.96. The van der Waals surface area contributed by atoms with Crippen LogP contribution in [0.3, 0.4) is 0 Å². The van der Waals surface area contributed by atoms with Gasteiger partial charge in [0.1, 0.15) is 0 Å². The number of nitrogens with two attached hydrogens (primary N) is 1. The van der Waals surface area contributed by atoms with Gasteiger partial charge in [0.05, 0.1) is 11.5 Å². The maximum absolute atomic E-state index is 11.9. The molecule has 104 valence electrons. The van der Waals surface area contributed by atoms with Crippen LogP contribution in [0.25, 0.3) is 0 Å². The van der Waals surface area contributed by atoms with Crippen LogP contribution >= 0.6 is 12.2 Å². The Hall–Kier alpha value is -0.680. The Morgan fingerprint density at radius 3 is 2.72 bits per heavy atom. The van der Waals surface area contributed by atoms with Crippen molar-refractivity contribution >= 4 is 23.1 Å². The lowest BCUT2D eigenvalue weighted by atomic mass is 9.98. The van der Waals surface area contributed by atoms with E-state index in [0.29, 0.717) is 17.6 Å². The highest BCUT2D eigenvalue weighted by Gasteiger charge is 2.23. The van der Waals surface area contributed by atoms with Crippen LogP contribution in [0, 0.1) is 5.92 Å². The normalized spacial score (nSPS) is 20.9. The molecule has 0 radical (unpaired) electrons. The molecular formula is C13H25N3OS. The van der Waals surface area contributed by atoms with Gasteiger partial charge in [-0.25, -0.2) is 0 Å². The quantitative estimate of drug-likeness (QED) is 0.715. The smallest absolute Gasteiger partial charge is 0.234 e. The first kappa shape index (κ1) is 15.4. The maximum Gasteiger partial charge on any atom is 0.234 e. The zero-order valence-corrected chi connectivity index (χ0v) is 12.3. The molecule has 1 heterocycles. The van der Waals surface area contributed by atoms with Crippen LogP contribution in [0.1, 0.15) is 39.5 Å². The molecule has 18 heavy (non-hydrogen) atoms. The van der Waals surface area contributed by atoms with E-state index in [2.05, 4.69) is 24.1 Å². The summed E-state index contributed by atoms with van der Waals surface area (Å²) in [4.78, 5) is 14.6. The fourth-order valence-electron chi connectivity index (χ4n) is 2.40. The zero-order valence-electron chi connectivity index (χ0n) is 11.4. The second-order valence-electron chi connectivity index (χ2n) is 5.06. The zero-order chi connectivity index (χ0) is 13.5. The van der Waals surface area contributed by atoms with Crippen LogP contribution in [0.2, 0.25) is 0 Å². The summed E-state index contributed by atoms with van der Waals surface area (Å²) in [7, 11) is 0. The summed E-state index contributed by atoms with van der Waals surface area (Å²) in [6.07, 6.45) is 4.09. The van der Waals surface area contributed by atoms with Crippen molar-refractivity contribution in [2.75, 3.05) is 19.6 Å². The second kappa shape index (κ2) is 7.69. The summed E-state index contributed by atoms with van der Waals surface area (Å²) in [5.41, 5.74) is 5.69. The van der Waals surface area contributed by atoms with Crippen molar-refractivity contribution in [1.29, 1.82) is 0 Å². The molecule has 0 bridgehead atoms. The Labute approximate surface area is 115 Å². The molecule has 5 heteroatoms. The average Bonchev–Trinajstić information content (AvgIpc) is 2.36. The molecule has 0 aliphatic carbocycles. The van der Waals surface area contributed by atoms with Gasteiger partial charge in [0.2, 0.25) is 5.91 Å². The number of carbonyl (C=O) groups is 1. The van der Waals surface area contributed by atoms with Crippen molar-refractivity contribution < 1.29 is 4.79 Å². The Morgan fingerprint density at radius 2 is 2.17 bits per heavy atom. The largest absolute Gasteiger partial charge is 0.393 e. The molecule has 0 aromatic carbocycles. The molecule has 0 aromatic rings. The summed E-state index contributed by atoms with van der Waals surface area (Å²) >= 11 is 5.04. The van der Waals surface area contributed by atoms with E-state index in [9.17, 15) is 4.79 Å². The Morgan fingerprint density at radius 1 is 1.50 bits per heavy atom. The first-order valence-corrected chi connectivity index (χ1v) is 7.28. The number of carbonyl (C=O) groups excluding carboxylic acids is 1. The molecule has 1 atom stereocenters. The molecule has 1 saturated heterocycles. The van der Waals surface area contributed by atoms with E-state index in [-0.39, 0.29) is 11.8 Å². The molecule has 4 nitrogen and oxygen atoms in total. The molecule has 1 rings (SSSR count). The number of rotatable bonds is 6. The first-order chi connectivity index (χ1) is 8.56. The summed E-state index contributed by atoms with van der Waals surface area (Å²) < 4.78 is 0. The molecule has 3 N–H and O–H groups in total. The number of amides is 1. The van der Waals surface area contributed by atoms with Crippen molar-refractivity contribution in [2.45, 2.75) is 45.6 Å². The van der Waals surface area contributed by atoms with Gasteiger partial charge in [-0.1, -0.05) is 26.1 Å². The minimum Gasteiger partial charge on any atom is -0.393 e. The van der Waals surface area contributed by atoms with Crippen LogP contribution in [0.15, 0.2) is 0 Å². The van der Waals surface area contributed by atoms with Crippen molar-refractivity contribution in [2.24, 2.45) is 11.7 Å². The van der Waals surface area contributed by atoms with E-state index >= 15 is 0 Å². The van der Waals surface area contributed by atoms with E-state index < -0.39 is 0 Å². The summed E-state index contributed by atoms with van der Waals surface area (Å²) in [6, 6.07) is 0.300. The lowest BCUT2D eigenvalue weighted by Gasteiger charge is -2.32. The first-order valence-electron chi connectivity index (χ1n) is 6.87. The van der Waals surface area contributed by atoms with Gasteiger partial charge >= 0.3 is 0 Å². The molecule has 0 spiro atoms. The highest BCUT2D eigenvalue weighted by atomic mass is 32.1. The van der Waals surface area contributed by atoms with E-state index in [1.54, 1.807) is 0 Å². The third kappa shape index (κ3) is 4.90. The van der Waals surface area contributed by atoms with Crippen LogP contribution in [-0.4, -0.2) is 41.5 Å². The van der Waals surface area contributed by atoms with E-state index in [1.165, 1.54) is 0 Å². The predicted octanol–water partition coefficient (Wildman–Crippen LogP) is 1.29. The Kier molecular flexibility index (Phi) is 6.57. The standard InChI is InChI=1S/C13H25N3OS/c1-3-11(4-2)15-12(17)9-16-7-5-6-10(8-16)13(14)18/h10-11H,3-9H2,1-2H3,(H2,14,18)(H,15,17). The van der Waals surface area contributed by atoms with Gasteiger partial charge in [0, 0.05) is 18.5 Å².